The lowest BCUT2D eigenvalue weighted by Gasteiger charge is -2.50. The molecule has 14 nitrogen and oxygen atoms in total. The van der Waals surface area contributed by atoms with Gasteiger partial charge in [0.15, 0.2) is 0 Å². The number of rotatable bonds is 12. The number of amides is 1. The van der Waals surface area contributed by atoms with E-state index < -0.39 is 5.34 Å². The van der Waals surface area contributed by atoms with Crippen molar-refractivity contribution in [3.63, 3.8) is 0 Å². The predicted molar refractivity (Wildman–Crippen MR) is 225 cm³/mol. The zero-order chi connectivity index (χ0) is 40.7. The molecule has 4 aliphatic rings. The molecule has 2 aromatic heterocycles. The fourth-order valence-electron chi connectivity index (χ4n) is 6.66. The zero-order valence-electron chi connectivity index (χ0n) is 33.4. The van der Waals surface area contributed by atoms with E-state index in [0.717, 1.165) is 66.0 Å². The molecule has 2 saturated carbocycles. The Morgan fingerprint density at radius 3 is 2.34 bits per heavy atom. The summed E-state index contributed by atoms with van der Waals surface area (Å²) in [4.78, 5) is 36.6. The molecule has 3 aromatic rings. The van der Waals surface area contributed by atoms with E-state index in [-0.39, 0.29) is 29.5 Å². The standard InChI is InChI=1S/C32H40B2N10O2.C4H9N.C4H6O/c1-6-26-30-21(20-10-8-11-23(29(20)42(26)5)39-25(22(35)18-45)14-28(36)37-3)15-38-44(30)19-16-43(17-19)32(33,34)27-13-9-12-24(40-27)31(46)41(4)7-2;1-5-4-2-3-4;5-3-4-1-2-4/h8-15,18-19,26,39,45H,6-7,16-17,35H2,1-5H3,(H2,36,37);4-5H,2-3H2,1H3;3-4H,1-2H2/b22-18+,25-14+;;. The van der Waals surface area contributed by atoms with Crippen molar-refractivity contribution >= 4 is 45.1 Å². The summed E-state index contributed by atoms with van der Waals surface area (Å²) in [5, 5.41) is 19.7. The van der Waals surface area contributed by atoms with Gasteiger partial charge in [-0.05, 0) is 69.6 Å². The van der Waals surface area contributed by atoms with Crippen molar-refractivity contribution in [2.45, 2.75) is 69.4 Å². The molecule has 1 atom stereocenters. The maximum Gasteiger partial charge on any atom is 0.272 e. The average Bonchev–Trinajstić information content (AvgIpc) is 4.14. The number of likely N-dealkylation sites (tertiary alicyclic amines) is 1. The largest absolute Gasteiger partial charge is 0.513 e. The first-order valence-corrected chi connectivity index (χ1v) is 19.3. The second-order valence-corrected chi connectivity index (χ2v) is 14.7. The van der Waals surface area contributed by atoms with Crippen molar-refractivity contribution in [1.29, 1.82) is 0 Å². The van der Waals surface area contributed by atoms with Crippen LogP contribution in [-0.4, -0.2) is 117 Å². The molecule has 56 heavy (non-hydrogen) atoms. The van der Waals surface area contributed by atoms with Gasteiger partial charge in [0.25, 0.3) is 5.91 Å². The number of aliphatic hydroxyl groups is 1. The van der Waals surface area contributed by atoms with Crippen LogP contribution in [0.5, 0.6) is 0 Å². The van der Waals surface area contributed by atoms with E-state index >= 15 is 0 Å². The summed E-state index contributed by atoms with van der Waals surface area (Å²) in [5.41, 5.74) is 18.2. The minimum atomic E-state index is -1.36. The highest BCUT2D eigenvalue weighted by Crippen LogP contribution is 2.50. The van der Waals surface area contributed by atoms with E-state index in [9.17, 15) is 14.7 Å². The quantitative estimate of drug-likeness (QED) is 0.0455. The van der Waals surface area contributed by atoms with E-state index in [0.29, 0.717) is 42.6 Å². The van der Waals surface area contributed by atoms with Crippen molar-refractivity contribution in [2.24, 2.45) is 22.4 Å². The molecule has 1 amide bonds. The molecule has 2 aliphatic carbocycles. The number of aliphatic imine (C=N–C) groups is 1. The van der Waals surface area contributed by atoms with E-state index in [4.69, 9.17) is 32.3 Å². The molecule has 294 valence electrons. The van der Waals surface area contributed by atoms with Crippen LogP contribution >= 0.6 is 0 Å². The Kier molecular flexibility index (Phi) is 13.7. The van der Waals surface area contributed by atoms with Gasteiger partial charge in [-0.1, -0.05) is 25.1 Å². The van der Waals surface area contributed by atoms with Crippen LogP contribution in [0, 0.1) is 5.92 Å². The second-order valence-electron chi connectivity index (χ2n) is 14.7. The van der Waals surface area contributed by atoms with Crippen LogP contribution in [0.4, 0.5) is 11.4 Å². The number of aliphatic hydroxyl groups excluding tert-OH is 1. The lowest BCUT2D eigenvalue weighted by atomic mass is 9.57. The smallest absolute Gasteiger partial charge is 0.272 e. The van der Waals surface area contributed by atoms with Crippen LogP contribution < -0.4 is 27.0 Å². The van der Waals surface area contributed by atoms with Gasteiger partial charge in [-0.2, -0.15) is 5.10 Å². The third-order valence-electron chi connectivity index (χ3n) is 10.7. The molecule has 16 heteroatoms. The highest BCUT2D eigenvalue weighted by atomic mass is 16.2. The first kappa shape index (κ1) is 42.1. The van der Waals surface area contributed by atoms with Gasteiger partial charge in [0, 0.05) is 75.6 Å². The molecule has 1 unspecified atom stereocenters. The molecule has 4 radical (unpaired) electrons. The number of pyridine rings is 1. The van der Waals surface area contributed by atoms with Crippen molar-refractivity contribution in [3.8, 4) is 11.1 Å². The summed E-state index contributed by atoms with van der Waals surface area (Å²) in [5.74, 6) is 0.530. The number of nitrogens with zero attached hydrogens (tertiary/aromatic N) is 7. The van der Waals surface area contributed by atoms with Crippen molar-refractivity contribution in [2.75, 3.05) is 58.0 Å². The number of amidine groups is 1. The fraction of sp³-hybridized carbons (Fsp3) is 0.475. The number of fused-ring (bicyclic) bond motifs is 3. The number of aromatic nitrogens is 3. The number of nitrogens with two attached hydrogens (primary N) is 2. The summed E-state index contributed by atoms with van der Waals surface area (Å²) in [6, 6.07) is 12.1. The first-order chi connectivity index (χ1) is 26.8. The Morgan fingerprint density at radius 2 is 1.80 bits per heavy atom. The number of nitrogens with one attached hydrogen (secondary N) is 2. The Hall–Kier alpha value is -5.08. The van der Waals surface area contributed by atoms with E-state index in [1.807, 2.05) is 37.2 Å². The maximum atomic E-state index is 12.7. The highest BCUT2D eigenvalue weighted by molar-refractivity contribution is 6.39. The second kappa shape index (κ2) is 18.2. The third-order valence-corrected chi connectivity index (χ3v) is 10.7. The SMILES string of the molecule is CNC1CC1.O=CC1CC1.[B]C([B])(c1cccc(C(=O)N(C)CC)n1)N1CC(n2ncc3c2C(CC)N(C)c2c(NC(=C/C(N)=NC)/C(N)=C\O)cccc2-3)C1. The van der Waals surface area contributed by atoms with Crippen LogP contribution in [0.3, 0.4) is 0 Å². The van der Waals surface area contributed by atoms with Crippen molar-refractivity contribution in [1.82, 2.24) is 29.9 Å². The van der Waals surface area contributed by atoms with Crippen LogP contribution in [0.15, 0.2) is 71.3 Å². The van der Waals surface area contributed by atoms with Gasteiger partial charge in [0.1, 0.15) is 24.1 Å². The maximum absolute atomic E-state index is 12.7. The molecular formula is C40H55B2N11O3. The Bertz CT molecular complexity index is 1950. The summed E-state index contributed by atoms with van der Waals surface area (Å²) in [6.07, 6.45) is 11.3. The molecule has 1 aromatic carbocycles. The van der Waals surface area contributed by atoms with E-state index in [1.54, 1.807) is 43.3 Å². The molecular weight excluding hydrogens is 704 g/mol. The number of aldehydes is 1. The predicted octanol–water partition coefficient (Wildman–Crippen LogP) is 3.55. The van der Waals surface area contributed by atoms with Gasteiger partial charge in [-0.3, -0.25) is 14.5 Å². The number of para-hydroxylation sites is 1. The van der Waals surface area contributed by atoms with Gasteiger partial charge in [-0.15, -0.1) is 0 Å². The van der Waals surface area contributed by atoms with E-state index in [1.165, 1.54) is 12.8 Å². The summed E-state index contributed by atoms with van der Waals surface area (Å²) >= 11 is 0. The molecule has 1 saturated heterocycles. The van der Waals surface area contributed by atoms with Crippen LogP contribution in [-0.2, 0) is 10.1 Å². The van der Waals surface area contributed by atoms with Gasteiger partial charge < -0.3 is 46.7 Å². The summed E-state index contributed by atoms with van der Waals surface area (Å²) in [6.45, 7) is 5.74. The molecule has 4 heterocycles. The Balaban J connectivity index is 0.000000520. The molecule has 2 aliphatic heterocycles. The van der Waals surface area contributed by atoms with Crippen LogP contribution in [0.1, 0.15) is 79.9 Å². The van der Waals surface area contributed by atoms with Gasteiger partial charge in [-0.25, -0.2) is 4.98 Å². The lowest BCUT2D eigenvalue weighted by Crippen LogP contribution is -2.60. The fourth-order valence-corrected chi connectivity index (χ4v) is 6.66. The van der Waals surface area contributed by atoms with Gasteiger partial charge >= 0.3 is 0 Å². The van der Waals surface area contributed by atoms with Crippen LogP contribution in [0.25, 0.3) is 11.1 Å². The lowest BCUT2D eigenvalue weighted by molar-refractivity contribution is -0.108. The third kappa shape index (κ3) is 9.30. The monoisotopic (exact) mass is 759 g/mol. The Morgan fingerprint density at radius 1 is 1.11 bits per heavy atom. The molecule has 0 bridgehead atoms. The Labute approximate surface area is 333 Å². The molecule has 3 fully saturated rings. The number of hydrogen-bond acceptors (Lipinski definition) is 11. The van der Waals surface area contributed by atoms with Gasteiger partial charge in [0.2, 0.25) is 0 Å². The topological polar surface area (TPSA) is 183 Å². The number of anilines is 2. The molecule has 0 spiro atoms. The summed E-state index contributed by atoms with van der Waals surface area (Å²) in [7, 11) is 20.7. The number of carbonyl (C=O) groups is 2. The minimum Gasteiger partial charge on any atom is -0.513 e. The molecule has 7 rings (SSSR count). The number of benzene rings is 1. The zero-order valence-corrected chi connectivity index (χ0v) is 33.4. The normalized spacial score (nSPS) is 18.6. The average molecular weight is 760 g/mol. The summed E-state index contributed by atoms with van der Waals surface area (Å²) < 4.78 is 2.09. The number of hydrogen-bond donors (Lipinski definition) is 5. The van der Waals surface area contributed by atoms with Gasteiger partial charge in [0.05, 0.1) is 62.4 Å². The first-order valence-electron chi connectivity index (χ1n) is 19.3. The number of carbonyl (C=O) groups excluding carboxylic acids is 2. The van der Waals surface area contributed by atoms with Crippen molar-refractivity contribution < 1.29 is 14.7 Å². The minimum absolute atomic E-state index is 0.0165. The molecule has 7 N–H and O–H groups in total. The van der Waals surface area contributed by atoms with Crippen LogP contribution in [0.2, 0.25) is 0 Å². The highest BCUT2D eigenvalue weighted by Gasteiger charge is 2.43. The van der Waals surface area contributed by atoms with E-state index in [2.05, 4.69) is 50.2 Å². The van der Waals surface area contributed by atoms with Crippen molar-refractivity contribution in [3.05, 3.63) is 83.4 Å².